The molecule has 0 aliphatic rings. The summed E-state index contributed by atoms with van der Waals surface area (Å²) >= 11 is 5.92. The summed E-state index contributed by atoms with van der Waals surface area (Å²) in [5, 5.41) is 17.8. The van der Waals surface area contributed by atoms with Crippen molar-refractivity contribution in [1.82, 2.24) is 20.1 Å². The number of nitrogens with zero attached hydrogens (tertiary/aromatic N) is 3. The smallest absolute Gasteiger partial charge is 0.291 e. The molecule has 2 aromatic carbocycles. The lowest BCUT2D eigenvalue weighted by Crippen LogP contribution is -2.24. The summed E-state index contributed by atoms with van der Waals surface area (Å²) in [6.45, 7) is 0.503. The molecule has 0 bridgehead atoms. The molecule has 0 saturated carbocycles. The molecule has 3 rings (SSSR count). The van der Waals surface area contributed by atoms with Crippen LogP contribution >= 0.6 is 11.6 Å². The number of nitrogens with one attached hydrogen (secondary N) is 1. The van der Waals surface area contributed by atoms with E-state index in [9.17, 15) is 9.90 Å². The topological polar surface area (TPSA) is 89.3 Å². The van der Waals surface area contributed by atoms with Gasteiger partial charge in [-0.3, -0.25) is 4.79 Å². The molecule has 1 amide bonds. The molecular formula is C19H19ClN4O3. The van der Waals surface area contributed by atoms with Gasteiger partial charge < -0.3 is 15.2 Å². The Morgan fingerprint density at radius 2 is 2.07 bits per heavy atom. The molecule has 1 aromatic heterocycles. The molecule has 7 nitrogen and oxygen atoms in total. The zero-order valence-electron chi connectivity index (χ0n) is 14.7. The first-order valence-electron chi connectivity index (χ1n) is 8.29. The third kappa shape index (κ3) is 5.06. The molecule has 0 saturated heterocycles. The number of hydrogen-bond donors (Lipinski definition) is 2. The Balaban J connectivity index is 1.57. The largest absolute Gasteiger partial charge is 0.497 e. The molecule has 3 aromatic rings. The van der Waals surface area contributed by atoms with Crippen LogP contribution in [0.2, 0.25) is 5.02 Å². The molecule has 140 valence electrons. The molecule has 27 heavy (non-hydrogen) atoms. The van der Waals surface area contributed by atoms with Gasteiger partial charge in [0.05, 0.1) is 19.8 Å². The number of benzene rings is 2. The van der Waals surface area contributed by atoms with Crippen molar-refractivity contribution in [3.05, 3.63) is 76.8 Å². The SMILES string of the molecule is COc1ccc([C@@H](O)Cn2cnc(C(=O)NCc3cccc(Cl)c3)n2)cc1. The first kappa shape index (κ1) is 18.9. The lowest BCUT2D eigenvalue weighted by atomic mass is 10.1. The van der Waals surface area contributed by atoms with Crippen molar-refractivity contribution in [3.63, 3.8) is 0 Å². The Bertz CT molecular complexity index is 911. The molecule has 0 aliphatic carbocycles. The highest BCUT2D eigenvalue weighted by atomic mass is 35.5. The molecule has 1 atom stereocenters. The van der Waals surface area contributed by atoms with E-state index in [0.717, 1.165) is 11.1 Å². The average molecular weight is 387 g/mol. The van der Waals surface area contributed by atoms with Crippen LogP contribution in [0, 0.1) is 0 Å². The van der Waals surface area contributed by atoms with Gasteiger partial charge in [-0.1, -0.05) is 35.9 Å². The maximum Gasteiger partial charge on any atom is 0.291 e. The minimum absolute atomic E-state index is 0.0407. The van der Waals surface area contributed by atoms with Crippen LogP contribution in [0.3, 0.4) is 0 Å². The van der Waals surface area contributed by atoms with Gasteiger partial charge in [0.2, 0.25) is 5.82 Å². The van der Waals surface area contributed by atoms with Crippen LogP contribution in [-0.2, 0) is 13.1 Å². The second-order valence-electron chi connectivity index (χ2n) is 5.89. The summed E-state index contributed by atoms with van der Waals surface area (Å²) in [4.78, 5) is 16.2. The van der Waals surface area contributed by atoms with Crippen LogP contribution in [0.25, 0.3) is 0 Å². The second-order valence-corrected chi connectivity index (χ2v) is 6.33. The van der Waals surface area contributed by atoms with Crippen molar-refractivity contribution in [2.45, 2.75) is 19.2 Å². The third-order valence-electron chi connectivity index (χ3n) is 3.94. The number of rotatable bonds is 7. The minimum atomic E-state index is -0.778. The number of aliphatic hydroxyl groups excluding tert-OH is 1. The zero-order chi connectivity index (χ0) is 19.2. The minimum Gasteiger partial charge on any atom is -0.497 e. The number of methoxy groups -OCH3 is 1. The predicted molar refractivity (Wildman–Crippen MR) is 101 cm³/mol. The lowest BCUT2D eigenvalue weighted by molar-refractivity contribution is 0.0938. The quantitative estimate of drug-likeness (QED) is 0.651. The third-order valence-corrected chi connectivity index (χ3v) is 4.18. The summed E-state index contributed by atoms with van der Waals surface area (Å²) in [6, 6.07) is 14.3. The number of carbonyl (C=O) groups excluding carboxylic acids is 1. The van der Waals surface area contributed by atoms with E-state index in [2.05, 4.69) is 15.4 Å². The van der Waals surface area contributed by atoms with Crippen LogP contribution in [0.15, 0.2) is 54.9 Å². The van der Waals surface area contributed by atoms with Crippen molar-refractivity contribution in [2.24, 2.45) is 0 Å². The van der Waals surface area contributed by atoms with E-state index in [1.165, 1.54) is 11.0 Å². The molecule has 0 spiro atoms. The fourth-order valence-electron chi connectivity index (χ4n) is 2.50. The molecule has 0 fully saturated rings. The van der Waals surface area contributed by atoms with E-state index in [1.807, 2.05) is 12.1 Å². The number of hydrogen-bond acceptors (Lipinski definition) is 5. The first-order chi connectivity index (χ1) is 13.0. The van der Waals surface area contributed by atoms with Gasteiger partial charge in [-0.2, -0.15) is 0 Å². The van der Waals surface area contributed by atoms with Crippen molar-refractivity contribution in [2.75, 3.05) is 7.11 Å². The Morgan fingerprint density at radius 1 is 1.30 bits per heavy atom. The molecular weight excluding hydrogens is 368 g/mol. The van der Waals surface area contributed by atoms with Gasteiger partial charge >= 0.3 is 0 Å². The van der Waals surface area contributed by atoms with Crippen LogP contribution in [0.1, 0.15) is 27.8 Å². The number of ether oxygens (including phenoxy) is 1. The zero-order valence-corrected chi connectivity index (χ0v) is 15.4. The number of halogens is 1. The van der Waals surface area contributed by atoms with Gasteiger partial charge in [-0.15, -0.1) is 5.10 Å². The molecule has 0 aliphatic heterocycles. The first-order valence-corrected chi connectivity index (χ1v) is 8.67. The van der Waals surface area contributed by atoms with E-state index < -0.39 is 12.0 Å². The highest BCUT2D eigenvalue weighted by molar-refractivity contribution is 6.30. The predicted octanol–water partition coefficient (Wildman–Crippen LogP) is 2.60. The fourth-order valence-corrected chi connectivity index (χ4v) is 2.72. The van der Waals surface area contributed by atoms with Crippen LogP contribution in [-0.4, -0.2) is 32.9 Å². The summed E-state index contributed by atoms with van der Waals surface area (Å²) in [7, 11) is 1.58. The fraction of sp³-hybridized carbons (Fsp3) is 0.211. The number of amides is 1. The monoisotopic (exact) mass is 386 g/mol. The van der Waals surface area contributed by atoms with Crippen molar-refractivity contribution < 1.29 is 14.6 Å². The van der Waals surface area contributed by atoms with Crippen LogP contribution in [0.4, 0.5) is 0 Å². The average Bonchev–Trinajstić information content (AvgIpc) is 3.15. The summed E-state index contributed by atoms with van der Waals surface area (Å²) in [6.07, 6.45) is 0.640. The van der Waals surface area contributed by atoms with Gasteiger partial charge in [-0.25, -0.2) is 9.67 Å². The maximum atomic E-state index is 12.2. The van der Waals surface area contributed by atoms with Gasteiger partial charge in [0.25, 0.3) is 5.91 Å². The van der Waals surface area contributed by atoms with Crippen LogP contribution < -0.4 is 10.1 Å². The van der Waals surface area contributed by atoms with E-state index in [4.69, 9.17) is 16.3 Å². The van der Waals surface area contributed by atoms with Gasteiger partial charge in [-0.05, 0) is 35.4 Å². The van der Waals surface area contributed by atoms with E-state index in [0.29, 0.717) is 17.3 Å². The highest BCUT2D eigenvalue weighted by Crippen LogP contribution is 2.18. The highest BCUT2D eigenvalue weighted by Gasteiger charge is 2.14. The number of aliphatic hydroxyl groups is 1. The normalized spacial score (nSPS) is 11.8. The van der Waals surface area contributed by atoms with E-state index in [1.54, 1.807) is 43.5 Å². The summed E-state index contributed by atoms with van der Waals surface area (Å²) in [5.74, 6) is 0.358. The number of aromatic nitrogens is 3. The van der Waals surface area contributed by atoms with E-state index >= 15 is 0 Å². The Hall–Kier alpha value is -2.90. The standard InChI is InChI=1S/C19H19ClN4O3/c1-27-16-7-5-14(6-8-16)17(25)11-24-12-22-18(23-24)19(26)21-10-13-3-2-4-15(20)9-13/h2-9,12,17,25H,10-11H2,1H3,(H,21,26)/t17-/m0/s1. The number of carbonyl (C=O) groups is 1. The molecule has 0 radical (unpaired) electrons. The van der Waals surface area contributed by atoms with Gasteiger partial charge in [0, 0.05) is 11.6 Å². The second kappa shape index (κ2) is 8.66. The maximum absolute atomic E-state index is 12.2. The molecule has 2 N–H and O–H groups in total. The molecule has 0 unspecified atom stereocenters. The molecule has 8 heteroatoms. The summed E-state index contributed by atoms with van der Waals surface area (Å²) < 4.78 is 6.53. The van der Waals surface area contributed by atoms with Crippen molar-refractivity contribution in [1.29, 1.82) is 0 Å². The Labute approximate surface area is 161 Å². The van der Waals surface area contributed by atoms with Gasteiger partial charge in [0.15, 0.2) is 0 Å². The Morgan fingerprint density at radius 3 is 2.78 bits per heavy atom. The van der Waals surface area contributed by atoms with E-state index in [-0.39, 0.29) is 12.4 Å². The van der Waals surface area contributed by atoms with Crippen molar-refractivity contribution >= 4 is 17.5 Å². The van der Waals surface area contributed by atoms with Gasteiger partial charge in [0.1, 0.15) is 12.1 Å². The van der Waals surface area contributed by atoms with Crippen molar-refractivity contribution in [3.8, 4) is 5.75 Å². The lowest BCUT2D eigenvalue weighted by Gasteiger charge is -2.11. The van der Waals surface area contributed by atoms with Crippen LogP contribution in [0.5, 0.6) is 5.75 Å². The summed E-state index contributed by atoms with van der Waals surface area (Å²) in [5.41, 5.74) is 1.60. The molecule has 1 heterocycles. The Kier molecular flexibility index (Phi) is 6.05.